The average Bonchev–Trinajstić information content (AvgIpc) is 3.03. The number of hydrogen-bond acceptors (Lipinski definition) is 7. The Balaban J connectivity index is 1.71. The molecule has 2 N–H and O–H groups in total. The SMILES string of the molecule is COC(=O)C(C)CC(=O)CC(C)C1CC(=O)C2(C)C3=C(C(O)CC12C)C1(C)CCC(=O)C(C)(C)C1CC3O. The van der Waals surface area contributed by atoms with Gasteiger partial charge in [-0.15, -0.1) is 0 Å². The van der Waals surface area contributed by atoms with Gasteiger partial charge in [-0.2, -0.15) is 0 Å². The van der Waals surface area contributed by atoms with Crippen molar-refractivity contribution in [3.05, 3.63) is 11.1 Å². The first-order valence-electron chi connectivity index (χ1n) is 14.2. The quantitative estimate of drug-likeness (QED) is 0.390. The first-order chi connectivity index (χ1) is 17.5. The minimum Gasteiger partial charge on any atom is -0.469 e. The van der Waals surface area contributed by atoms with Gasteiger partial charge in [0.15, 0.2) is 0 Å². The summed E-state index contributed by atoms with van der Waals surface area (Å²) in [5, 5.41) is 23.4. The Bertz CT molecular complexity index is 1090. The maximum absolute atomic E-state index is 14.0. The maximum atomic E-state index is 14.0. The van der Waals surface area contributed by atoms with Crippen LogP contribution in [0.3, 0.4) is 0 Å². The van der Waals surface area contributed by atoms with Crippen LogP contribution in [0.1, 0.15) is 93.4 Å². The lowest BCUT2D eigenvalue weighted by Crippen LogP contribution is -2.60. The smallest absolute Gasteiger partial charge is 0.308 e. The Morgan fingerprint density at radius 3 is 2.21 bits per heavy atom. The van der Waals surface area contributed by atoms with E-state index in [2.05, 4.69) is 6.92 Å². The lowest BCUT2D eigenvalue weighted by atomic mass is 9.42. The van der Waals surface area contributed by atoms with Crippen LogP contribution in [-0.2, 0) is 23.9 Å². The molecule has 0 aliphatic heterocycles. The number of carbonyl (C=O) groups excluding carboxylic acids is 4. The van der Waals surface area contributed by atoms with Gasteiger partial charge in [0.25, 0.3) is 0 Å². The van der Waals surface area contributed by atoms with Crippen LogP contribution in [0.5, 0.6) is 0 Å². The van der Waals surface area contributed by atoms with E-state index in [4.69, 9.17) is 4.74 Å². The zero-order valence-electron chi connectivity index (χ0n) is 24.3. The number of rotatable bonds is 6. The Morgan fingerprint density at radius 1 is 0.974 bits per heavy atom. The van der Waals surface area contributed by atoms with E-state index >= 15 is 0 Å². The van der Waals surface area contributed by atoms with Crippen LogP contribution in [-0.4, -0.2) is 52.8 Å². The topological polar surface area (TPSA) is 118 Å². The number of ketones is 3. The number of methoxy groups -OCH3 is 1. The summed E-state index contributed by atoms with van der Waals surface area (Å²) in [6.45, 7) is 13.7. The second-order valence-electron chi connectivity index (χ2n) is 14.0. The maximum Gasteiger partial charge on any atom is 0.308 e. The van der Waals surface area contributed by atoms with E-state index in [0.29, 0.717) is 31.3 Å². The van der Waals surface area contributed by atoms with Crippen LogP contribution >= 0.6 is 0 Å². The summed E-state index contributed by atoms with van der Waals surface area (Å²) < 4.78 is 4.76. The van der Waals surface area contributed by atoms with Crippen LogP contribution in [0, 0.1) is 45.3 Å². The summed E-state index contributed by atoms with van der Waals surface area (Å²) in [4.78, 5) is 51.5. The molecule has 212 valence electrons. The van der Waals surface area contributed by atoms with Crippen LogP contribution in [0.2, 0.25) is 0 Å². The second-order valence-corrected chi connectivity index (χ2v) is 14.0. The van der Waals surface area contributed by atoms with E-state index in [-0.39, 0.29) is 54.4 Å². The van der Waals surface area contributed by atoms with Gasteiger partial charge in [-0.3, -0.25) is 19.2 Å². The molecule has 0 radical (unpaired) electrons. The molecule has 0 aromatic rings. The second kappa shape index (κ2) is 9.36. The van der Waals surface area contributed by atoms with Crippen LogP contribution in [0.25, 0.3) is 0 Å². The number of aliphatic hydroxyl groups is 2. The van der Waals surface area contributed by atoms with E-state index < -0.39 is 45.8 Å². The van der Waals surface area contributed by atoms with E-state index in [1.807, 2.05) is 34.6 Å². The minimum atomic E-state index is -0.957. The lowest BCUT2D eigenvalue weighted by molar-refractivity contribution is -0.146. The summed E-state index contributed by atoms with van der Waals surface area (Å²) in [6, 6.07) is 0. The van der Waals surface area contributed by atoms with Crippen molar-refractivity contribution < 1.29 is 34.1 Å². The van der Waals surface area contributed by atoms with Crippen molar-refractivity contribution >= 4 is 23.3 Å². The molecular formula is C31H46O7. The van der Waals surface area contributed by atoms with E-state index in [9.17, 15) is 29.4 Å². The third kappa shape index (κ3) is 3.89. The minimum absolute atomic E-state index is 0.0431. The zero-order valence-corrected chi connectivity index (χ0v) is 24.3. The third-order valence-corrected chi connectivity index (χ3v) is 11.7. The van der Waals surface area contributed by atoms with Crippen molar-refractivity contribution in [1.29, 1.82) is 0 Å². The van der Waals surface area contributed by atoms with Gasteiger partial charge in [0.05, 0.1) is 30.7 Å². The number of aliphatic hydroxyl groups excluding tert-OH is 2. The Morgan fingerprint density at radius 2 is 1.61 bits per heavy atom. The molecule has 7 nitrogen and oxygen atoms in total. The van der Waals surface area contributed by atoms with E-state index in [1.165, 1.54) is 7.11 Å². The molecule has 0 aromatic heterocycles. The molecule has 0 heterocycles. The molecule has 0 amide bonds. The number of esters is 1. The first-order valence-corrected chi connectivity index (χ1v) is 14.2. The lowest BCUT2D eigenvalue weighted by Gasteiger charge is -2.62. The van der Waals surface area contributed by atoms with Gasteiger partial charge in [-0.05, 0) is 65.9 Å². The molecule has 2 saturated carbocycles. The summed E-state index contributed by atoms with van der Waals surface area (Å²) in [5.41, 5.74) is -1.23. The molecule has 9 unspecified atom stereocenters. The van der Waals surface area contributed by atoms with Gasteiger partial charge >= 0.3 is 5.97 Å². The average molecular weight is 531 g/mol. The molecule has 2 fully saturated rings. The zero-order chi connectivity index (χ0) is 28.6. The number of hydrogen-bond donors (Lipinski definition) is 2. The molecule has 0 aromatic carbocycles. The molecule has 0 bridgehead atoms. The Kier molecular flexibility index (Phi) is 7.18. The van der Waals surface area contributed by atoms with Gasteiger partial charge < -0.3 is 14.9 Å². The molecule has 4 aliphatic rings. The molecule has 7 heteroatoms. The van der Waals surface area contributed by atoms with Crippen molar-refractivity contribution in [3.8, 4) is 0 Å². The fraction of sp³-hybridized carbons (Fsp3) is 0.806. The largest absolute Gasteiger partial charge is 0.469 e. The van der Waals surface area contributed by atoms with Gasteiger partial charge in [-0.25, -0.2) is 0 Å². The first kappa shape index (κ1) is 29.1. The fourth-order valence-corrected chi connectivity index (χ4v) is 9.40. The standard InChI is InChI=1S/C31H46O7/c1-16(11-18(32)12-17(2)27(37)38-8)19-13-24(36)31(7)26-20(33)14-22-28(3,4)23(35)9-10-29(22,5)25(26)21(34)15-30(19,31)6/h16-17,19-22,33-34H,9-15H2,1-8H3. The van der Waals surface area contributed by atoms with Crippen molar-refractivity contribution in [1.82, 2.24) is 0 Å². The van der Waals surface area contributed by atoms with Crippen molar-refractivity contribution in [2.75, 3.05) is 7.11 Å². The van der Waals surface area contributed by atoms with Gasteiger partial charge in [0.2, 0.25) is 0 Å². The highest BCUT2D eigenvalue weighted by atomic mass is 16.5. The summed E-state index contributed by atoms with van der Waals surface area (Å²) >= 11 is 0. The van der Waals surface area contributed by atoms with E-state index in [1.54, 1.807) is 6.92 Å². The molecule has 0 spiro atoms. The van der Waals surface area contributed by atoms with Gasteiger partial charge in [-0.1, -0.05) is 41.5 Å². The Labute approximate surface area is 226 Å². The van der Waals surface area contributed by atoms with Crippen molar-refractivity contribution in [2.45, 2.75) is 106 Å². The highest BCUT2D eigenvalue weighted by molar-refractivity contribution is 5.93. The van der Waals surface area contributed by atoms with Crippen LogP contribution in [0.4, 0.5) is 0 Å². The summed E-state index contributed by atoms with van der Waals surface area (Å²) in [5.74, 6) is -1.13. The third-order valence-electron chi connectivity index (χ3n) is 11.7. The van der Waals surface area contributed by atoms with Crippen molar-refractivity contribution in [2.24, 2.45) is 45.3 Å². The monoisotopic (exact) mass is 530 g/mol. The molecule has 4 aliphatic carbocycles. The van der Waals surface area contributed by atoms with Crippen LogP contribution in [0.15, 0.2) is 11.1 Å². The molecule has 4 rings (SSSR count). The van der Waals surface area contributed by atoms with Gasteiger partial charge in [0, 0.05) is 31.1 Å². The van der Waals surface area contributed by atoms with E-state index in [0.717, 1.165) is 5.57 Å². The molecule has 38 heavy (non-hydrogen) atoms. The summed E-state index contributed by atoms with van der Waals surface area (Å²) in [7, 11) is 1.31. The number of Topliss-reactive ketones (excluding diaryl/α,β-unsaturated/α-hetero) is 3. The highest BCUT2D eigenvalue weighted by Gasteiger charge is 2.70. The molecular weight excluding hydrogens is 484 g/mol. The predicted molar refractivity (Wildman–Crippen MR) is 142 cm³/mol. The fourth-order valence-electron chi connectivity index (χ4n) is 9.40. The van der Waals surface area contributed by atoms with Crippen LogP contribution < -0.4 is 0 Å². The summed E-state index contributed by atoms with van der Waals surface area (Å²) in [6.07, 6.45) is 0.682. The molecule has 9 atom stereocenters. The van der Waals surface area contributed by atoms with Gasteiger partial charge in [0.1, 0.15) is 17.3 Å². The predicted octanol–water partition coefficient (Wildman–Crippen LogP) is 4.22. The number of carbonyl (C=O) groups is 4. The number of fused-ring (bicyclic) bond motifs is 4. The number of ether oxygens (including phenoxy) is 1. The normalized spacial score (nSPS) is 41.6. The highest BCUT2D eigenvalue weighted by Crippen LogP contribution is 2.71. The molecule has 0 saturated heterocycles. The Hall–Kier alpha value is -1.86. The van der Waals surface area contributed by atoms with Crippen molar-refractivity contribution in [3.63, 3.8) is 0 Å².